The van der Waals surface area contributed by atoms with Gasteiger partial charge in [0.25, 0.3) is 5.91 Å². The second kappa shape index (κ2) is 5.31. The van der Waals surface area contributed by atoms with E-state index >= 15 is 0 Å². The predicted molar refractivity (Wildman–Crippen MR) is 73.2 cm³/mol. The number of benzene rings is 1. The molecule has 2 rings (SSSR count). The Balaban J connectivity index is 1.91. The summed E-state index contributed by atoms with van der Waals surface area (Å²) in [6, 6.07) is 5.82. The minimum atomic E-state index is -0.546. The largest absolute Gasteiger partial charge is 0.349 e. The van der Waals surface area contributed by atoms with Gasteiger partial charge in [0.2, 0.25) is 0 Å². The third-order valence-corrected chi connectivity index (χ3v) is 3.04. The van der Waals surface area contributed by atoms with E-state index < -0.39 is 5.79 Å². The van der Waals surface area contributed by atoms with Gasteiger partial charge in [0, 0.05) is 12.1 Å². The van der Waals surface area contributed by atoms with Crippen molar-refractivity contribution in [1.82, 2.24) is 5.32 Å². The normalized spacial score (nSPS) is 21.4. The monoisotopic (exact) mass is 263 g/mol. The van der Waals surface area contributed by atoms with Gasteiger partial charge in [0.1, 0.15) is 6.10 Å². The van der Waals surface area contributed by atoms with Crippen molar-refractivity contribution >= 4 is 5.91 Å². The molecule has 0 radical (unpaired) electrons. The van der Waals surface area contributed by atoms with Gasteiger partial charge < -0.3 is 14.8 Å². The Labute approximate surface area is 114 Å². The Morgan fingerprint density at radius 1 is 1.32 bits per heavy atom. The number of nitrogens with one attached hydrogen (secondary N) is 1. The van der Waals surface area contributed by atoms with Gasteiger partial charge in [-0.3, -0.25) is 4.79 Å². The molecule has 1 aliphatic heterocycles. The fraction of sp³-hybridized carbons (Fsp3) is 0.533. The van der Waals surface area contributed by atoms with Crippen molar-refractivity contribution in [3.63, 3.8) is 0 Å². The summed E-state index contributed by atoms with van der Waals surface area (Å²) in [5, 5.41) is 2.89. The highest BCUT2D eigenvalue weighted by Crippen LogP contribution is 2.21. The average Bonchev–Trinajstić information content (AvgIpc) is 2.64. The Kier molecular flexibility index (Phi) is 3.92. The van der Waals surface area contributed by atoms with Crippen molar-refractivity contribution in [2.75, 3.05) is 13.2 Å². The molecule has 1 fully saturated rings. The SMILES string of the molecule is Cc1cc(C)cc(C(=O)NCC2COC(C)(C)O2)c1. The lowest BCUT2D eigenvalue weighted by atomic mass is 10.1. The Bertz CT molecular complexity index is 462. The first kappa shape index (κ1) is 14.0. The van der Waals surface area contributed by atoms with Crippen LogP contribution in [0.3, 0.4) is 0 Å². The van der Waals surface area contributed by atoms with Gasteiger partial charge >= 0.3 is 0 Å². The molecular formula is C15H21NO3. The maximum absolute atomic E-state index is 12.1. The number of hydrogen-bond donors (Lipinski definition) is 1. The average molecular weight is 263 g/mol. The van der Waals surface area contributed by atoms with E-state index in [1.165, 1.54) is 0 Å². The van der Waals surface area contributed by atoms with Crippen LogP contribution in [-0.4, -0.2) is 30.9 Å². The minimum Gasteiger partial charge on any atom is -0.349 e. The van der Waals surface area contributed by atoms with Crippen LogP contribution in [0.2, 0.25) is 0 Å². The van der Waals surface area contributed by atoms with Gasteiger partial charge in [0.15, 0.2) is 5.79 Å². The van der Waals surface area contributed by atoms with Gasteiger partial charge in [-0.2, -0.15) is 0 Å². The molecule has 1 amide bonds. The minimum absolute atomic E-state index is 0.0693. The van der Waals surface area contributed by atoms with Crippen molar-refractivity contribution in [3.8, 4) is 0 Å². The van der Waals surface area contributed by atoms with Crippen molar-refractivity contribution in [2.45, 2.75) is 39.6 Å². The summed E-state index contributed by atoms with van der Waals surface area (Å²) in [4.78, 5) is 12.1. The lowest BCUT2D eigenvalue weighted by Gasteiger charge is -2.17. The number of amides is 1. The number of carbonyl (C=O) groups excluding carboxylic acids is 1. The molecule has 0 aromatic heterocycles. The summed E-state index contributed by atoms with van der Waals surface area (Å²) in [6.45, 7) is 8.70. The first-order valence-corrected chi connectivity index (χ1v) is 6.54. The number of aryl methyl sites for hydroxylation is 2. The third kappa shape index (κ3) is 3.78. The van der Waals surface area contributed by atoms with Crippen LogP contribution >= 0.6 is 0 Å². The van der Waals surface area contributed by atoms with Crippen LogP contribution in [0.25, 0.3) is 0 Å². The van der Waals surface area contributed by atoms with Gasteiger partial charge in [-0.1, -0.05) is 17.2 Å². The summed E-state index contributed by atoms with van der Waals surface area (Å²) in [7, 11) is 0. The summed E-state index contributed by atoms with van der Waals surface area (Å²) in [5.41, 5.74) is 2.87. The number of carbonyl (C=O) groups is 1. The lowest BCUT2D eigenvalue weighted by molar-refractivity contribution is -0.137. The second-order valence-corrected chi connectivity index (χ2v) is 5.54. The Morgan fingerprint density at radius 2 is 1.95 bits per heavy atom. The van der Waals surface area contributed by atoms with E-state index in [0.29, 0.717) is 18.7 Å². The van der Waals surface area contributed by atoms with Crippen LogP contribution in [0, 0.1) is 13.8 Å². The number of ether oxygens (including phenoxy) is 2. The van der Waals surface area contributed by atoms with Crippen molar-refractivity contribution in [1.29, 1.82) is 0 Å². The first-order chi connectivity index (χ1) is 8.85. The molecule has 1 aliphatic rings. The third-order valence-electron chi connectivity index (χ3n) is 3.04. The zero-order valence-electron chi connectivity index (χ0n) is 11.9. The van der Waals surface area contributed by atoms with E-state index in [4.69, 9.17) is 9.47 Å². The van der Waals surface area contributed by atoms with Crippen LogP contribution in [0.4, 0.5) is 0 Å². The van der Waals surface area contributed by atoms with Gasteiger partial charge in [-0.05, 0) is 39.8 Å². The topological polar surface area (TPSA) is 47.6 Å². The molecule has 4 heteroatoms. The summed E-state index contributed by atoms with van der Waals surface area (Å²) >= 11 is 0. The number of rotatable bonds is 3. The summed E-state index contributed by atoms with van der Waals surface area (Å²) in [6.07, 6.45) is -0.0788. The zero-order chi connectivity index (χ0) is 14.0. The fourth-order valence-electron chi connectivity index (χ4n) is 2.28. The molecule has 1 aromatic rings. The molecule has 0 aliphatic carbocycles. The van der Waals surface area contributed by atoms with Crippen LogP contribution < -0.4 is 5.32 Å². The number of hydrogen-bond acceptors (Lipinski definition) is 3. The highest BCUT2D eigenvalue weighted by Gasteiger charge is 2.32. The van der Waals surface area contributed by atoms with Crippen LogP contribution in [0.15, 0.2) is 18.2 Å². The molecule has 0 bridgehead atoms. The molecule has 1 unspecified atom stereocenters. The predicted octanol–water partition coefficient (Wildman–Crippen LogP) is 2.18. The Morgan fingerprint density at radius 3 is 2.47 bits per heavy atom. The highest BCUT2D eigenvalue weighted by atomic mass is 16.7. The van der Waals surface area contributed by atoms with Crippen LogP contribution in [0.1, 0.15) is 35.3 Å². The summed E-state index contributed by atoms with van der Waals surface area (Å²) in [5.74, 6) is -0.616. The fourth-order valence-corrected chi connectivity index (χ4v) is 2.28. The smallest absolute Gasteiger partial charge is 0.251 e. The van der Waals surface area contributed by atoms with Crippen molar-refractivity contribution < 1.29 is 14.3 Å². The standard InChI is InChI=1S/C15H21NO3/c1-10-5-11(2)7-12(6-10)14(17)16-8-13-9-18-15(3,4)19-13/h5-7,13H,8-9H2,1-4H3,(H,16,17). The molecule has 0 spiro atoms. The molecule has 19 heavy (non-hydrogen) atoms. The maximum atomic E-state index is 12.1. The van der Waals surface area contributed by atoms with E-state index in [9.17, 15) is 4.79 Å². The molecule has 1 aromatic carbocycles. The Hall–Kier alpha value is -1.39. The van der Waals surface area contributed by atoms with E-state index in [1.807, 2.05) is 45.9 Å². The molecule has 1 N–H and O–H groups in total. The van der Waals surface area contributed by atoms with Gasteiger partial charge in [0.05, 0.1) is 6.61 Å². The van der Waals surface area contributed by atoms with Crippen molar-refractivity contribution in [3.05, 3.63) is 34.9 Å². The molecule has 1 saturated heterocycles. The van der Waals surface area contributed by atoms with Gasteiger partial charge in [-0.25, -0.2) is 0 Å². The van der Waals surface area contributed by atoms with Crippen LogP contribution in [-0.2, 0) is 9.47 Å². The van der Waals surface area contributed by atoms with Crippen molar-refractivity contribution in [2.24, 2.45) is 0 Å². The highest BCUT2D eigenvalue weighted by molar-refractivity contribution is 5.94. The van der Waals surface area contributed by atoms with Gasteiger partial charge in [-0.15, -0.1) is 0 Å². The molecule has 104 valence electrons. The van der Waals surface area contributed by atoms with E-state index in [0.717, 1.165) is 11.1 Å². The zero-order valence-corrected chi connectivity index (χ0v) is 11.9. The molecule has 4 nitrogen and oxygen atoms in total. The van der Waals surface area contributed by atoms with E-state index in [1.54, 1.807) is 0 Å². The molecular weight excluding hydrogens is 242 g/mol. The van der Waals surface area contributed by atoms with Crippen LogP contribution in [0.5, 0.6) is 0 Å². The molecule has 1 heterocycles. The second-order valence-electron chi connectivity index (χ2n) is 5.54. The first-order valence-electron chi connectivity index (χ1n) is 6.54. The van der Waals surface area contributed by atoms with E-state index in [-0.39, 0.29) is 12.0 Å². The maximum Gasteiger partial charge on any atom is 0.251 e. The molecule has 0 saturated carbocycles. The lowest BCUT2D eigenvalue weighted by Crippen LogP contribution is -2.34. The summed E-state index contributed by atoms with van der Waals surface area (Å²) < 4.78 is 11.1. The quantitative estimate of drug-likeness (QED) is 0.909. The van der Waals surface area contributed by atoms with E-state index in [2.05, 4.69) is 5.32 Å². The molecule has 1 atom stereocenters.